The number of alkyl halides is 1. The highest BCUT2D eigenvalue weighted by atomic mass is 35.5. The second-order valence-electron chi connectivity index (χ2n) is 4.46. The van der Waals surface area contributed by atoms with Gasteiger partial charge in [0, 0.05) is 16.8 Å². The maximum Gasteiger partial charge on any atom is 0.119 e. The molecule has 0 aromatic heterocycles. The van der Waals surface area contributed by atoms with Gasteiger partial charge < -0.3 is 4.74 Å². The van der Waals surface area contributed by atoms with Crippen LogP contribution in [-0.4, -0.2) is 13.0 Å². The lowest BCUT2D eigenvalue weighted by Crippen LogP contribution is -2.05. The summed E-state index contributed by atoms with van der Waals surface area (Å²) in [5.41, 5.74) is 2.38. The topological polar surface area (TPSA) is 9.23 Å². The predicted molar refractivity (Wildman–Crippen MR) is 81.6 cm³/mol. The molecule has 0 saturated carbocycles. The molecular weight excluding hydrogens is 279 g/mol. The normalized spacial score (nSPS) is 12.2. The van der Waals surface area contributed by atoms with Crippen molar-refractivity contribution in [2.24, 2.45) is 0 Å². The number of benzene rings is 2. The van der Waals surface area contributed by atoms with Crippen LogP contribution in [-0.2, 0) is 6.42 Å². The summed E-state index contributed by atoms with van der Waals surface area (Å²) < 4.78 is 5.24. The van der Waals surface area contributed by atoms with Crippen LogP contribution in [0.15, 0.2) is 48.5 Å². The molecule has 19 heavy (non-hydrogen) atoms. The molecule has 0 N–H and O–H groups in total. The van der Waals surface area contributed by atoms with E-state index in [1.807, 2.05) is 36.4 Å². The maximum atomic E-state index is 6.10. The van der Waals surface area contributed by atoms with Gasteiger partial charge in [-0.15, -0.1) is 11.6 Å². The molecule has 0 aliphatic rings. The van der Waals surface area contributed by atoms with Crippen LogP contribution in [0.25, 0.3) is 0 Å². The minimum Gasteiger partial charge on any atom is -0.497 e. The first-order valence-electron chi connectivity index (χ1n) is 6.17. The van der Waals surface area contributed by atoms with Crippen molar-refractivity contribution < 1.29 is 4.74 Å². The highest BCUT2D eigenvalue weighted by molar-refractivity contribution is 6.30. The van der Waals surface area contributed by atoms with Gasteiger partial charge in [-0.25, -0.2) is 0 Å². The molecule has 0 aliphatic carbocycles. The van der Waals surface area contributed by atoms with E-state index in [2.05, 4.69) is 12.1 Å². The number of rotatable bonds is 5. The van der Waals surface area contributed by atoms with Crippen LogP contribution in [0.1, 0.15) is 17.0 Å². The zero-order valence-electron chi connectivity index (χ0n) is 10.8. The first-order chi connectivity index (χ1) is 9.22. The SMILES string of the molecule is COc1cccc(CC(CCl)c2cccc(Cl)c2)c1. The highest BCUT2D eigenvalue weighted by Crippen LogP contribution is 2.26. The van der Waals surface area contributed by atoms with Gasteiger partial charge >= 0.3 is 0 Å². The van der Waals surface area contributed by atoms with Crippen molar-refractivity contribution in [1.82, 2.24) is 0 Å². The fourth-order valence-electron chi connectivity index (χ4n) is 2.11. The summed E-state index contributed by atoms with van der Waals surface area (Å²) in [4.78, 5) is 0. The maximum absolute atomic E-state index is 6.10. The van der Waals surface area contributed by atoms with Crippen molar-refractivity contribution in [2.75, 3.05) is 13.0 Å². The second-order valence-corrected chi connectivity index (χ2v) is 5.21. The van der Waals surface area contributed by atoms with Crippen LogP contribution in [0.3, 0.4) is 0 Å². The van der Waals surface area contributed by atoms with Gasteiger partial charge in [-0.1, -0.05) is 35.9 Å². The lowest BCUT2D eigenvalue weighted by molar-refractivity contribution is 0.414. The third-order valence-electron chi connectivity index (χ3n) is 3.12. The molecule has 0 spiro atoms. The van der Waals surface area contributed by atoms with Crippen LogP contribution in [0.5, 0.6) is 5.75 Å². The van der Waals surface area contributed by atoms with E-state index in [-0.39, 0.29) is 5.92 Å². The van der Waals surface area contributed by atoms with Gasteiger partial charge in [0.1, 0.15) is 5.75 Å². The molecule has 100 valence electrons. The molecule has 2 rings (SSSR count). The average molecular weight is 295 g/mol. The average Bonchev–Trinajstić information content (AvgIpc) is 2.45. The van der Waals surface area contributed by atoms with E-state index < -0.39 is 0 Å². The van der Waals surface area contributed by atoms with E-state index in [0.717, 1.165) is 17.2 Å². The van der Waals surface area contributed by atoms with Crippen LogP contribution in [0.2, 0.25) is 5.02 Å². The smallest absolute Gasteiger partial charge is 0.119 e. The molecule has 1 unspecified atom stereocenters. The monoisotopic (exact) mass is 294 g/mol. The largest absolute Gasteiger partial charge is 0.497 e. The van der Waals surface area contributed by atoms with Crippen molar-refractivity contribution in [3.63, 3.8) is 0 Å². The Bertz CT molecular complexity index is 540. The molecule has 1 nitrogen and oxygen atoms in total. The van der Waals surface area contributed by atoms with Gasteiger partial charge in [0.2, 0.25) is 0 Å². The van der Waals surface area contributed by atoms with Gasteiger partial charge in [-0.3, -0.25) is 0 Å². The Morgan fingerprint density at radius 1 is 1.11 bits per heavy atom. The predicted octanol–water partition coefficient (Wildman–Crippen LogP) is 4.91. The van der Waals surface area contributed by atoms with E-state index >= 15 is 0 Å². The van der Waals surface area contributed by atoms with E-state index in [0.29, 0.717) is 5.88 Å². The van der Waals surface area contributed by atoms with E-state index in [1.54, 1.807) is 7.11 Å². The molecule has 2 aromatic rings. The molecule has 0 bridgehead atoms. The number of hydrogen-bond acceptors (Lipinski definition) is 1. The Hall–Kier alpha value is -1.18. The fraction of sp³-hybridized carbons (Fsp3) is 0.250. The fourth-order valence-corrected chi connectivity index (χ4v) is 2.59. The first-order valence-corrected chi connectivity index (χ1v) is 7.08. The highest BCUT2D eigenvalue weighted by Gasteiger charge is 2.12. The molecule has 0 radical (unpaired) electrons. The zero-order chi connectivity index (χ0) is 13.7. The number of ether oxygens (including phenoxy) is 1. The molecular formula is C16H16Cl2O. The molecule has 2 aromatic carbocycles. The Morgan fingerprint density at radius 3 is 2.58 bits per heavy atom. The minimum atomic E-state index is 0.257. The Morgan fingerprint density at radius 2 is 1.89 bits per heavy atom. The third-order valence-corrected chi connectivity index (χ3v) is 3.73. The lowest BCUT2D eigenvalue weighted by atomic mass is 9.93. The standard InChI is InChI=1S/C16H16Cl2O/c1-19-16-7-2-4-12(9-16)8-14(11-17)13-5-3-6-15(18)10-13/h2-7,9-10,14H,8,11H2,1H3. The molecule has 0 saturated heterocycles. The zero-order valence-corrected chi connectivity index (χ0v) is 12.3. The summed E-state index contributed by atoms with van der Waals surface area (Å²) in [6, 6.07) is 16.0. The Labute approximate surface area is 124 Å². The Kier molecular flexibility index (Phi) is 5.12. The third kappa shape index (κ3) is 3.89. The molecule has 3 heteroatoms. The van der Waals surface area contributed by atoms with Crippen LogP contribution in [0.4, 0.5) is 0 Å². The molecule has 0 heterocycles. The first kappa shape index (κ1) is 14.2. The van der Waals surface area contributed by atoms with Gasteiger partial charge in [0.05, 0.1) is 7.11 Å². The summed E-state index contributed by atoms with van der Waals surface area (Å²) in [5.74, 6) is 1.70. The molecule has 1 atom stereocenters. The minimum absolute atomic E-state index is 0.257. The summed E-state index contributed by atoms with van der Waals surface area (Å²) in [5, 5.41) is 0.748. The summed E-state index contributed by atoms with van der Waals surface area (Å²) in [6.45, 7) is 0. The van der Waals surface area contributed by atoms with E-state index in [9.17, 15) is 0 Å². The van der Waals surface area contributed by atoms with Gasteiger partial charge in [-0.05, 0) is 41.8 Å². The quantitative estimate of drug-likeness (QED) is 0.712. The van der Waals surface area contributed by atoms with Crippen molar-refractivity contribution in [1.29, 1.82) is 0 Å². The van der Waals surface area contributed by atoms with E-state index in [1.165, 1.54) is 11.1 Å². The Balaban J connectivity index is 2.18. The number of hydrogen-bond donors (Lipinski definition) is 0. The van der Waals surface area contributed by atoms with Gasteiger partial charge in [-0.2, -0.15) is 0 Å². The van der Waals surface area contributed by atoms with Crippen molar-refractivity contribution in [3.05, 3.63) is 64.7 Å². The summed E-state index contributed by atoms with van der Waals surface area (Å²) in [6.07, 6.45) is 0.876. The van der Waals surface area contributed by atoms with Crippen LogP contribution >= 0.6 is 23.2 Å². The summed E-state index contributed by atoms with van der Waals surface area (Å²) in [7, 11) is 1.68. The molecule has 0 fully saturated rings. The van der Waals surface area contributed by atoms with E-state index in [4.69, 9.17) is 27.9 Å². The second kappa shape index (κ2) is 6.83. The van der Waals surface area contributed by atoms with Crippen LogP contribution < -0.4 is 4.74 Å². The lowest BCUT2D eigenvalue weighted by Gasteiger charge is -2.15. The van der Waals surface area contributed by atoms with Gasteiger partial charge in [0.25, 0.3) is 0 Å². The number of methoxy groups -OCH3 is 1. The van der Waals surface area contributed by atoms with Crippen LogP contribution in [0, 0.1) is 0 Å². The van der Waals surface area contributed by atoms with Crippen molar-refractivity contribution in [2.45, 2.75) is 12.3 Å². The van der Waals surface area contributed by atoms with Gasteiger partial charge in [0.15, 0.2) is 0 Å². The van der Waals surface area contributed by atoms with Crippen molar-refractivity contribution in [3.8, 4) is 5.75 Å². The molecule has 0 aliphatic heterocycles. The molecule has 0 amide bonds. The number of halogens is 2. The summed E-state index contributed by atoms with van der Waals surface area (Å²) >= 11 is 12.1. The van der Waals surface area contributed by atoms with Crippen molar-refractivity contribution >= 4 is 23.2 Å².